The summed E-state index contributed by atoms with van der Waals surface area (Å²) in [6, 6.07) is 0. The second-order valence-electron chi connectivity index (χ2n) is 4.07. The molecule has 1 aromatic rings. The number of amides is 1. The number of carbonyl (C=O) groups is 1. The Morgan fingerprint density at radius 3 is 2.71 bits per heavy atom. The first kappa shape index (κ1) is 12.3. The van der Waals surface area contributed by atoms with Gasteiger partial charge < -0.3 is 10.6 Å². The first-order valence-corrected chi connectivity index (χ1v) is 7.00. The van der Waals surface area contributed by atoms with Gasteiger partial charge in [-0.25, -0.2) is 0 Å². The van der Waals surface area contributed by atoms with Crippen molar-refractivity contribution < 1.29 is 4.79 Å². The topological polar surface area (TPSA) is 64.2 Å². The minimum Gasteiger partial charge on any atom is -0.395 e. The Balaban J connectivity index is 2.29. The molecule has 0 aromatic carbocycles. The second-order valence-corrected chi connectivity index (χ2v) is 5.29. The second kappa shape index (κ2) is 5.00. The van der Waals surface area contributed by atoms with Gasteiger partial charge in [-0.2, -0.15) is 16.9 Å². The summed E-state index contributed by atoms with van der Waals surface area (Å²) in [5, 5.41) is 4.28. The van der Waals surface area contributed by atoms with E-state index in [1.165, 1.54) is 0 Å². The first-order chi connectivity index (χ1) is 8.15. The van der Waals surface area contributed by atoms with Crippen LogP contribution in [0.2, 0.25) is 0 Å². The predicted molar refractivity (Wildman–Crippen MR) is 70.3 cm³/mol. The number of hydrogen-bond donors (Lipinski definition) is 1. The molecule has 0 radical (unpaired) electrons. The molecule has 0 spiro atoms. The van der Waals surface area contributed by atoms with Crippen LogP contribution in [0.4, 0.5) is 5.69 Å². The molecule has 94 valence electrons. The summed E-state index contributed by atoms with van der Waals surface area (Å²) in [4.78, 5) is 14.3. The highest BCUT2D eigenvalue weighted by molar-refractivity contribution is 7.99. The van der Waals surface area contributed by atoms with E-state index < -0.39 is 0 Å². The smallest absolute Gasteiger partial charge is 0.274 e. The molecule has 1 aromatic heterocycles. The lowest BCUT2D eigenvalue weighted by Crippen LogP contribution is -2.39. The lowest BCUT2D eigenvalue weighted by Gasteiger charge is -2.26. The molecular formula is C11H18N4OS. The Bertz CT molecular complexity index is 423. The van der Waals surface area contributed by atoms with Crippen LogP contribution in [0.25, 0.3) is 0 Å². The van der Waals surface area contributed by atoms with Crippen molar-refractivity contribution in [3.63, 3.8) is 0 Å². The molecule has 0 unspecified atom stereocenters. The largest absolute Gasteiger partial charge is 0.395 e. The monoisotopic (exact) mass is 254 g/mol. The number of carbonyl (C=O) groups excluding carboxylic acids is 1. The normalized spacial score (nSPS) is 16.2. The Morgan fingerprint density at radius 1 is 1.47 bits per heavy atom. The highest BCUT2D eigenvalue weighted by atomic mass is 32.2. The molecule has 1 amide bonds. The van der Waals surface area contributed by atoms with E-state index in [1.807, 2.05) is 30.5 Å². The number of hydrogen-bond acceptors (Lipinski definition) is 4. The van der Waals surface area contributed by atoms with E-state index in [4.69, 9.17) is 5.73 Å². The Hall–Kier alpha value is -1.17. The molecule has 0 saturated carbocycles. The Labute approximate surface area is 105 Å². The quantitative estimate of drug-likeness (QED) is 0.854. The molecule has 0 atom stereocenters. The van der Waals surface area contributed by atoms with Crippen LogP contribution in [0.3, 0.4) is 0 Å². The van der Waals surface area contributed by atoms with Gasteiger partial charge in [0.05, 0.1) is 11.4 Å². The molecule has 2 rings (SSSR count). The summed E-state index contributed by atoms with van der Waals surface area (Å²) in [5.74, 6) is 2.03. The van der Waals surface area contributed by atoms with Crippen molar-refractivity contribution in [3.05, 3.63) is 11.4 Å². The van der Waals surface area contributed by atoms with E-state index in [9.17, 15) is 4.79 Å². The van der Waals surface area contributed by atoms with Gasteiger partial charge in [0, 0.05) is 31.1 Å². The van der Waals surface area contributed by atoms with Gasteiger partial charge in [-0.15, -0.1) is 0 Å². The molecule has 1 saturated heterocycles. The van der Waals surface area contributed by atoms with Crippen molar-refractivity contribution >= 4 is 23.4 Å². The van der Waals surface area contributed by atoms with Crippen molar-refractivity contribution in [2.45, 2.75) is 20.4 Å². The third kappa shape index (κ3) is 2.26. The standard InChI is InChI=1S/C11H18N4OS/c1-3-15-10(9(12)8(2)13-15)11(16)14-4-6-17-7-5-14/h3-7,12H2,1-2H3. The molecule has 5 nitrogen and oxygen atoms in total. The van der Waals surface area contributed by atoms with Crippen molar-refractivity contribution in [1.82, 2.24) is 14.7 Å². The highest BCUT2D eigenvalue weighted by Crippen LogP contribution is 2.20. The summed E-state index contributed by atoms with van der Waals surface area (Å²) in [6.07, 6.45) is 0. The van der Waals surface area contributed by atoms with Gasteiger partial charge in [0.2, 0.25) is 0 Å². The maximum absolute atomic E-state index is 12.4. The van der Waals surface area contributed by atoms with Gasteiger partial charge in [0.25, 0.3) is 5.91 Å². The van der Waals surface area contributed by atoms with Gasteiger partial charge in [-0.3, -0.25) is 9.48 Å². The Morgan fingerprint density at radius 2 is 2.12 bits per heavy atom. The number of nitrogens with zero attached hydrogens (tertiary/aromatic N) is 3. The first-order valence-electron chi connectivity index (χ1n) is 5.85. The maximum Gasteiger partial charge on any atom is 0.274 e. The maximum atomic E-state index is 12.4. The van der Waals surface area contributed by atoms with E-state index in [-0.39, 0.29) is 5.91 Å². The number of nitrogen functional groups attached to an aromatic ring is 1. The third-order valence-corrected chi connectivity index (χ3v) is 3.92. The molecule has 1 fully saturated rings. The molecule has 1 aliphatic heterocycles. The number of aromatic nitrogens is 2. The summed E-state index contributed by atoms with van der Waals surface area (Å²) in [7, 11) is 0. The fourth-order valence-electron chi connectivity index (χ4n) is 1.97. The van der Waals surface area contributed by atoms with Crippen LogP contribution in [0.1, 0.15) is 23.1 Å². The van der Waals surface area contributed by atoms with Crippen LogP contribution in [0, 0.1) is 6.92 Å². The van der Waals surface area contributed by atoms with E-state index >= 15 is 0 Å². The van der Waals surface area contributed by atoms with Gasteiger partial charge in [0.15, 0.2) is 0 Å². The van der Waals surface area contributed by atoms with Crippen LogP contribution in [-0.4, -0.2) is 45.2 Å². The van der Waals surface area contributed by atoms with Gasteiger partial charge in [0.1, 0.15) is 5.69 Å². The minimum absolute atomic E-state index is 0.0188. The van der Waals surface area contributed by atoms with Crippen molar-refractivity contribution in [2.75, 3.05) is 30.3 Å². The Kier molecular flexibility index (Phi) is 3.61. The van der Waals surface area contributed by atoms with Crippen LogP contribution in [-0.2, 0) is 6.54 Å². The molecule has 0 bridgehead atoms. The predicted octanol–water partition coefficient (Wildman–Crippen LogP) is 0.983. The number of aryl methyl sites for hydroxylation is 2. The minimum atomic E-state index is 0.0188. The van der Waals surface area contributed by atoms with E-state index in [1.54, 1.807) is 4.68 Å². The van der Waals surface area contributed by atoms with Gasteiger partial charge >= 0.3 is 0 Å². The van der Waals surface area contributed by atoms with Crippen LogP contribution >= 0.6 is 11.8 Å². The van der Waals surface area contributed by atoms with Crippen LogP contribution < -0.4 is 5.73 Å². The zero-order chi connectivity index (χ0) is 12.4. The third-order valence-electron chi connectivity index (χ3n) is 2.97. The lowest BCUT2D eigenvalue weighted by molar-refractivity contribution is 0.0761. The fourth-order valence-corrected chi connectivity index (χ4v) is 2.87. The molecular weight excluding hydrogens is 236 g/mol. The van der Waals surface area contributed by atoms with E-state index in [2.05, 4.69) is 5.10 Å². The molecule has 1 aliphatic rings. The number of anilines is 1. The molecule has 17 heavy (non-hydrogen) atoms. The van der Waals surface area contributed by atoms with Crippen molar-refractivity contribution in [1.29, 1.82) is 0 Å². The highest BCUT2D eigenvalue weighted by Gasteiger charge is 2.25. The van der Waals surface area contributed by atoms with Crippen LogP contribution in [0.5, 0.6) is 0 Å². The zero-order valence-corrected chi connectivity index (χ0v) is 11.1. The number of thioether (sulfide) groups is 1. The summed E-state index contributed by atoms with van der Waals surface area (Å²) < 4.78 is 1.70. The van der Waals surface area contributed by atoms with Crippen molar-refractivity contribution in [3.8, 4) is 0 Å². The molecule has 6 heteroatoms. The fraction of sp³-hybridized carbons (Fsp3) is 0.636. The van der Waals surface area contributed by atoms with Gasteiger partial charge in [-0.1, -0.05) is 0 Å². The number of nitrogens with two attached hydrogens (primary N) is 1. The SMILES string of the molecule is CCn1nc(C)c(N)c1C(=O)N1CCSCC1. The summed E-state index contributed by atoms with van der Waals surface area (Å²) >= 11 is 1.88. The average Bonchev–Trinajstić information content (AvgIpc) is 2.65. The lowest BCUT2D eigenvalue weighted by atomic mass is 10.2. The van der Waals surface area contributed by atoms with E-state index in [0.717, 1.165) is 30.3 Å². The summed E-state index contributed by atoms with van der Waals surface area (Å²) in [5.41, 5.74) is 7.76. The molecule has 2 heterocycles. The summed E-state index contributed by atoms with van der Waals surface area (Å²) in [6.45, 7) is 6.08. The van der Waals surface area contributed by atoms with Crippen molar-refractivity contribution in [2.24, 2.45) is 0 Å². The molecule has 2 N–H and O–H groups in total. The zero-order valence-electron chi connectivity index (χ0n) is 10.3. The van der Waals surface area contributed by atoms with Gasteiger partial charge in [-0.05, 0) is 13.8 Å². The number of rotatable bonds is 2. The van der Waals surface area contributed by atoms with Crippen LogP contribution in [0.15, 0.2) is 0 Å². The molecule has 0 aliphatic carbocycles. The van der Waals surface area contributed by atoms with E-state index in [0.29, 0.717) is 17.9 Å². The average molecular weight is 254 g/mol.